The molecule has 1 fully saturated rings. The first-order valence-corrected chi connectivity index (χ1v) is 12.9. The van der Waals surface area contributed by atoms with E-state index in [1.165, 1.54) is 11.2 Å². The maximum absolute atomic E-state index is 11.2. The maximum Gasteiger partial charge on any atom is 0.407 e. The molecule has 1 aliphatic heterocycles. The number of amides is 1. The van der Waals surface area contributed by atoms with E-state index in [1.54, 1.807) is 10.9 Å². The minimum atomic E-state index is -1.13. The van der Waals surface area contributed by atoms with Crippen molar-refractivity contribution in [3.8, 4) is 5.88 Å². The Labute approximate surface area is 159 Å². The smallest absolute Gasteiger partial charge is 0.407 e. The van der Waals surface area contributed by atoms with Crippen molar-refractivity contribution in [3.05, 3.63) is 12.5 Å². The number of ether oxygens (including phenoxy) is 2. The quantitative estimate of drug-likeness (QED) is 0.570. The third kappa shape index (κ3) is 5.16. The lowest BCUT2D eigenvalue weighted by molar-refractivity contribution is 0.0773. The van der Waals surface area contributed by atoms with Crippen LogP contribution < -0.4 is 4.74 Å². The van der Waals surface area contributed by atoms with Gasteiger partial charge in [-0.05, 0) is 18.9 Å². The van der Waals surface area contributed by atoms with Gasteiger partial charge >= 0.3 is 6.09 Å². The van der Waals surface area contributed by atoms with Gasteiger partial charge in [0.1, 0.15) is 24.5 Å². The zero-order valence-electron chi connectivity index (χ0n) is 16.1. The molecule has 0 spiro atoms. The van der Waals surface area contributed by atoms with E-state index >= 15 is 0 Å². The van der Waals surface area contributed by atoms with Crippen LogP contribution in [0.15, 0.2) is 12.5 Å². The molecule has 1 unspecified atom stereocenters. The Bertz CT molecular complexity index is 791. The van der Waals surface area contributed by atoms with Crippen molar-refractivity contribution in [2.45, 2.75) is 51.4 Å². The number of rotatable bonds is 7. The first-order chi connectivity index (χ1) is 12.8. The summed E-state index contributed by atoms with van der Waals surface area (Å²) in [4.78, 5) is 21.1. The lowest BCUT2D eigenvalue weighted by Crippen LogP contribution is -2.43. The zero-order chi connectivity index (χ0) is 19.4. The van der Waals surface area contributed by atoms with Crippen LogP contribution in [0.2, 0.25) is 25.7 Å². The summed E-state index contributed by atoms with van der Waals surface area (Å²) in [6, 6.07) is 1.09. The summed E-state index contributed by atoms with van der Waals surface area (Å²) in [7, 11) is -1.13. The molecule has 0 radical (unpaired) electrons. The number of fused-ring (bicyclic) bond motifs is 1. The highest BCUT2D eigenvalue weighted by molar-refractivity contribution is 6.76. The zero-order valence-corrected chi connectivity index (χ0v) is 17.1. The van der Waals surface area contributed by atoms with E-state index in [0.717, 1.165) is 18.9 Å². The molecule has 3 heterocycles. The Balaban J connectivity index is 1.65. The van der Waals surface area contributed by atoms with Crippen molar-refractivity contribution in [1.29, 1.82) is 0 Å². The monoisotopic (exact) mass is 393 g/mol. The Hall–Kier alpha value is -2.20. The highest BCUT2D eigenvalue weighted by Crippen LogP contribution is 2.24. The van der Waals surface area contributed by atoms with Crippen molar-refractivity contribution < 1.29 is 19.4 Å². The average molecular weight is 394 g/mol. The maximum atomic E-state index is 11.2. The first kappa shape index (κ1) is 19.6. The number of aromatic nitrogens is 4. The molecule has 1 atom stereocenters. The van der Waals surface area contributed by atoms with Crippen molar-refractivity contribution in [3.63, 3.8) is 0 Å². The summed E-state index contributed by atoms with van der Waals surface area (Å²) in [6.07, 6.45) is 3.54. The number of hydrogen-bond acceptors (Lipinski definition) is 6. The van der Waals surface area contributed by atoms with Gasteiger partial charge in [-0.1, -0.05) is 19.6 Å². The molecular formula is C17H27N5O4Si. The second kappa shape index (κ2) is 8.22. The Morgan fingerprint density at radius 3 is 2.93 bits per heavy atom. The van der Waals surface area contributed by atoms with Crippen molar-refractivity contribution in [2.24, 2.45) is 0 Å². The second-order valence-corrected chi connectivity index (χ2v) is 13.6. The Kier molecular flexibility index (Phi) is 5.95. The summed E-state index contributed by atoms with van der Waals surface area (Å²) in [5.41, 5.74) is 0.652. The van der Waals surface area contributed by atoms with Crippen molar-refractivity contribution in [1.82, 2.24) is 24.6 Å². The van der Waals surface area contributed by atoms with Gasteiger partial charge in [-0.25, -0.2) is 19.4 Å². The van der Waals surface area contributed by atoms with Gasteiger partial charge in [0.15, 0.2) is 5.65 Å². The van der Waals surface area contributed by atoms with Crippen LogP contribution in [0.25, 0.3) is 11.0 Å². The molecule has 10 heteroatoms. The molecule has 1 saturated heterocycles. The van der Waals surface area contributed by atoms with E-state index in [1.807, 2.05) is 0 Å². The number of piperidine rings is 1. The number of nitrogens with zero attached hydrogens (tertiary/aromatic N) is 5. The topological polar surface area (TPSA) is 103 Å². The minimum Gasteiger partial charge on any atom is -0.472 e. The molecule has 9 nitrogen and oxygen atoms in total. The largest absolute Gasteiger partial charge is 0.472 e. The fourth-order valence-electron chi connectivity index (χ4n) is 2.96. The molecule has 27 heavy (non-hydrogen) atoms. The van der Waals surface area contributed by atoms with Crippen LogP contribution in [-0.4, -0.2) is 69.7 Å². The Morgan fingerprint density at radius 2 is 2.19 bits per heavy atom. The fourth-order valence-corrected chi connectivity index (χ4v) is 3.71. The molecule has 2 aromatic heterocycles. The number of carboxylic acid groups (broad SMARTS) is 1. The summed E-state index contributed by atoms with van der Waals surface area (Å²) >= 11 is 0. The van der Waals surface area contributed by atoms with E-state index in [0.29, 0.717) is 43.3 Å². The number of likely N-dealkylation sites (tertiary alicyclic amines) is 1. The lowest BCUT2D eigenvalue weighted by Gasteiger charge is -2.30. The van der Waals surface area contributed by atoms with Gasteiger partial charge < -0.3 is 19.5 Å². The van der Waals surface area contributed by atoms with Crippen molar-refractivity contribution >= 4 is 25.2 Å². The molecule has 148 valence electrons. The molecule has 1 amide bonds. The Morgan fingerprint density at radius 1 is 1.37 bits per heavy atom. The summed E-state index contributed by atoms with van der Waals surface area (Å²) in [5, 5.41) is 14.2. The molecular weight excluding hydrogens is 366 g/mol. The average Bonchev–Trinajstić information content (AvgIpc) is 3.02. The molecule has 2 aromatic rings. The van der Waals surface area contributed by atoms with E-state index in [-0.39, 0.29) is 6.10 Å². The van der Waals surface area contributed by atoms with Gasteiger partial charge in [0, 0.05) is 21.2 Å². The van der Waals surface area contributed by atoms with Gasteiger partial charge in [0.05, 0.1) is 12.7 Å². The van der Waals surface area contributed by atoms with Crippen LogP contribution in [0.1, 0.15) is 12.8 Å². The van der Waals surface area contributed by atoms with E-state index < -0.39 is 14.2 Å². The molecule has 3 rings (SSSR count). The highest BCUT2D eigenvalue weighted by Gasteiger charge is 2.25. The van der Waals surface area contributed by atoms with E-state index in [2.05, 4.69) is 34.7 Å². The minimum absolute atomic E-state index is 0.218. The fraction of sp³-hybridized carbons (Fsp3) is 0.647. The third-order valence-corrected chi connectivity index (χ3v) is 6.24. The third-order valence-electron chi connectivity index (χ3n) is 4.53. The number of hydrogen-bond donors (Lipinski definition) is 1. The van der Waals surface area contributed by atoms with E-state index in [4.69, 9.17) is 9.47 Å². The second-order valence-electron chi connectivity index (χ2n) is 8.02. The van der Waals surface area contributed by atoms with Crippen LogP contribution in [0.5, 0.6) is 5.88 Å². The van der Waals surface area contributed by atoms with Gasteiger partial charge in [0.25, 0.3) is 0 Å². The van der Waals surface area contributed by atoms with Crippen LogP contribution in [-0.2, 0) is 11.5 Å². The summed E-state index contributed by atoms with van der Waals surface area (Å²) < 4.78 is 13.4. The SMILES string of the molecule is C[Si](C)(C)CCOCn1ncc2c(OC3CCCN(C(=O)O)C3)ncnc21. The van der Waals surface area contributed by atoms with Gasteiger partial charge in [-0.15, -0.1) is 0 Å². The van der Waals surface area contributed by atoms with Crippen molar-refractivity contribution in [2.75, 3.05) is 19.7 Å². The van der Waals surface area contributed by atoms with Crippen LogP contribution >= 0.6 is 0 Å². The number of carbonyl (C=O) groups is 1. The molecule has 0 aromatic carbocycles. The standard InChI is InChI=1S/C17H27N5O4Si/c1-27(2,3)8-7-25-12-22-15-14(9-20-22)16(19-11-18-15)26-13-5-4-6-21(10-13)17(23)24/h9,11,13H,4-8,10,12H2,1-3H3,(H,23,24). The van der Waals surface area contributed by atoms with Crippen LogP contribution in [0, 0.1) is 0 Å². The van der Waals surface area contributed by atoms with Crippen LogP contribution in [0.3, 0.4) is 0 Å². The molecule has 1 N–H and O–H groups in total. The summed E-state index contributed by atoms with van der Waals surface area (Å²) in [5.74, 6) is 0.436. The highest BCUT2D eigenvalue weighted by atomic mass is 28.3. The predicted octanol–water partition coefficient (Wildman–Crippen LogP) is 2.66. The lowest BCUT2D eigenvalue weighted by atomic mass is 10.1. The molecule has 0 bridgehead atoms. The van der Waals surface area contributed by atoms with E-state index in [9.17, 15) is 9.90 Å². The van der Waals surface area contributed by atoms with Gasteiger partial charge in [-0.3, -0.25) is 0 Å². The first-order valence-electron chi connectivity index (χ1n) is 9.22. The predicted molar refractivity (Wildman–Crippen MR) is 103 cm³/mol. The molecule has 0 aliphatic carbocycles. The normalized spacial score (nSPS) is 18.0. The molecule has 1 aliphatic rings. The van der Waals surface area contributed by atoms with Gasteiger partial charge in [0.2, 0.25) is 5.88 Å². The van der Waals surface area contributed by atoms with Gasteiger partial charge in [-0.2, -0.15) is 5.10 Å². The molecule has 0 saturated carbocycles. The van der Waals surface area contributed by atoms with Crippen LogP contribution in [0.4, 0.5) is 4.79 Å². The summed E-state index contributed by atoms with van der Waals surface area (Å²) in [6.45, 7) is 8.86.